The molecule has 0 amide bonds. The molecule has 30 heavy (non-hydrogen) atoms. The maximum atomic E-state index is 11.5. The zero-order valence-corrected chi connectivity index (χ0v) is 18.3. The lowest BCUT2D eigenvalue weighted by Crippen LogP contribution is -2.08. The maximum Gasteiger partial charge on any atom is 0.311 e. The number of aromatic nitrogens is 1. The molecule has 0 saturated heterocycles. The number of benzene rings is 1. The Morgan fingerprint density at radius 2 is 2.23 bits per heavy atom. The van der Waals surface area contributed by atoms with Gasteiger partial charge in [-0.3, -0.25) is 20.3 Å². The molecule has 1 aromatic heterocycles. The first-order chi connectivity index (χ1) is 14.5. The zero-order chi connectivity index (χ0) is 21.3. The number of carbonyl (C=O) groups excluding carboxylic acids is 1. The number of nitro benzene ring substituents is 1. The molecule has 1 aromatic carbocycles. The van der Waals surface area contributed by atoms with Crippen LogP contribution in [0.15, 0.2) is 33.6 Å². The molecule has 3 rings (SSSR count). The van der Waals surface area contributed by atoms with Gasteiger partial charge in [-0.25, -0.2) is 4.98 Å². The van der Waals surface area contributed by atoms with Crippen molar-refractivity contribution >= 4 is 46.1 Å². The lowest BCUT2D eigenvalue weighted by molar-refractivity contribution is -0.387. The number of esters is 1. The summed E-state index contributed by atoms with van der Waals surface area (Å²) in [4.78, 5) is 27.7. The minimum atomic E-state index is -0.335. The molecular formula is C20H24N4O4S2. The summed E-state index contributed by atoms with van der Waals surface area (Å²) in [5, 5.41) is 18.4. The summed E-state index contributed by atoms with van der Waals surface area (Å²) in [6, 6.07) is 5.18. The number of hydrogen-bond donors (Lipinski definition) is 1. The fraction of sp³-hybridized carbons (Fsp3) is 0.450. The van der Waals surface area contributed by atoms with Gasteiger partial charge in [0.15, 0.2) is 0 Å². The van der Waals surface area contributed by atoms with E-state index >= 15 is 0 Å². The topological polar surface area (TPSA) is 107 Å². The fourth-order valence-corrected chi connectivity index (χ4v) is 5.17. The molecule has 1 aliphatic rings. The molecule has 0 spiro atoms. The Balaban J connectivity index is 1.61. The van der Waals surface area contributed by atoms with Gasteiger partial charge in [-0.15, -0.1) is 23.1 Å². The number of hydrogen-bond acceptors (Lipinski definition) is 9. The van der Waals surface area contributed by atoms with Crippen molar-refractivity contribution in [3.8, 4) is 0 Å². The molecule has 0 radical (unpaired) electrons. The van der Waals surface area contributed by atoms with Gasteiger partial charge in [-0.05, 0) is 25.8 Å². The van der Waals surface area contributed by atoms with Gasteiger partial charge in [-0.1, -0.05) is 25.3 Å². The Labute approximate surface area is 183 Å². The number of thiazole rings is 1. The number of thioether (sulfide) groups is 1. The highest BCUT2D eigenvalue weighted by Gasteiger charge is 2.21. The first-order valence-corrected chi connectivity index (χ1v) is 11.6. The van der Waals surface area contributed by atoms with E-state index in [1.54, 1.807) is 36.2 Å². The second kappa shape index (κ2) is 11.1. The largest absolute Gasteiger partial charge is 0.466 e. The monoisotopic (exact) mass is 448 g/mol. The number of nitrogens with zero attached hydrogens (tertiary/aromatic N) is 3. The Kier molecular flexibility index (Phi) is 8.21. The minimum Gasteiger partial charge on any atom is -0.466 e. The standard InChI is InChI=1S/C20H24N4O4S2/c1-2-28-19(25)11-15-13-29-20(22-15)23-21-12-14-8-9-18(17(10-14)24(26)27)30-16-6-4-3-5-7-16/h8-10,12-13,16H,2-7,11H2,1H3,(H,22,23). The average molecular weight is 449 g/mol. The molecular weight excluding hydrogens is 424 g/mol. The van der Waals surface area contributed by atoms with Gasteiger partial charge in [0.2, 0.25) is 5.13 Å². The molecule has 1 fully saturated rings. The van der Waals surface area contributed by atoms with E-state index in [1.807, 2.05) is 6.07 Å². The summed E-state index contributed by atoms with van der Waals surface area (Å²) in [5.41, 5.74) is 4.15. The number of ether oxygens (including phenoxy) is 1. The summed E-state index contributed by atoms with van der Waals surface area (Å²) in [5.74, 6) is -0.323. The van der Waals surface area contributed by atoms with Crippen LogP contribution in [-0.2, 0) is 16.0 Å². The van der Waals surface area contributed by atoms with Crippen molar-refractivity contribution in [2.75, 3.05) is 12.0 Å². The van der Waals surface area contributed by atoms with Gasteiger partial charge in [0.1, 0.15) is 0 Å². The Morgan fingerprint density at radius 1 is 1.43 bits per heavy atom. The van der Waals surface area contributed by atoms with Crippen molar-refractivity contribution in [2.45, 2.75) is 55.6 Å². The van der Waals surface area contributed by atoms with Crippen molar-refractivity contribution < 1.29 is 14.5 Å². The van der Waals surface area contributed by atoms with Crippen LogP contribution >= 0.6 is 23.1 Å². The van der Waals surface area contributed by atoms with Crippen molar-refractivity contribution in [1.29, 1.82) is 0 Å². The fourth-order valence-electron chi connectivity index (χ4n) is 3.18. The van der Waals surface area contributed by atoms with Crippen molar-refractivity contribution in [3.05, 3.63) is 45.0 Å². The number of carbonyl (C=O) groups is 1. The lowest BCUT2D eigenvalue weighted by Gasteiger charge is -2.20. The van der Waals surface area contributed by atoms with E-state index in [0.29, 0.717) is 33.1 Å². The van der Waals surface area contributed by atoms with E-state index in [4.69, 9.17) is 4.74 Å². The second-order valence-corrected chi connectivity index (χ2v) is 9.06. The first-order valence-electron chi connectivity index (χ1n) is 9.89. The van der Waals surface area contributed by atoms with E-state index in [-0.39, 0.29) is 23.0 Å². The van der Waals surface area contributed by atoms with Gasteiger partial charge in [0, 0.05) is 22.3 Å². The van der Waals surface area contributed by atoms with E-state index in [2.05, 4.69) is 15.5 Å². The van der Waals surface area contributed by atoms with E-state index in [9.17, 15) is 14.9 Å². The lowest BCUT2D eigenvalue weighted by atomic mass is 10.0. The molecule has 160 valence electrons. The third-order valence-corrected chi connectivity index (χ3v) is 6.78. The van der Waals surface area contributed by atoms with Gasteiger partial charge in [0.25, 0.3) is 5.69 Å². The molecule has 1 heterocycles. The van der Waals surface area contributed by atoms with Crippen LogP contribution in [0.3, 0.4) is 0 Å². The van der Waals surface area contributed by atoms with Crippen molar-refractivity contribution in [2.24, 2.45) is 5.10 Å². The van der Waals surface area contributed by atoms with Gasteiger partial charge in [-0.2, -0.15) is 5.10 Å². The molecule has 0 aliphatic heterocycles. The number of rotatable bonds is 9. The third kappa shape index (κ3) is 6.53. The zero-order valence-electron chi connectivity index (χ0n) is 16.7. The molecule has 1 N–H and O–H groups in total. The van der Waals surface area contributed by atoms with Crippen molar-refractivity contribution in [3.63, 3.8) is 0 Å². The predicted octanol–water partition coefficient (Wildman–Crippen LogP) is 5.03. The number of hydrazone groups is 1. The Morgan fingerprint density at radius 3 is 2.97 bits per heavy atom. The van der Waals surface area contributed by atoms with Gasteiger partial charge in [0.05, 0.1) is 34.8 Å². The van der Waals surface area contributed by atoms with E-state index in [0.717, 1.165) is 12.8 Å². The summed E-state index contributed by atoms with van der Waals surface area (Å²) >= 11 is 2.93. The predicted molar refractivity (Wildman–Crippen MR) is 119 cm³/mol. The van der Waals surface area contributed by atoms with Crippen LogP contribution in [0.25, 0.3) is 0 Å². The van der Waals surface area contributed by atoms with Crippen LogP contribution in [0.1, 0.15) is 50.3 Å². The van der Waals surface area contributed by atoms with Crippen LogP contribution in [-0.4, -0.2) is 33.9 Å². The van der Waals surface area contributed by atoms with Crippen LogP contribution in [0.5, 0.6) is 0 Å². The molecule has 1 aliphatic carbocycles. The highest BCUT2D eigenvalue weighted by atomic mass is 32.2. The third-order valence-electron chi connectivity index (χ3n) is 4.58. The number of anilines is 1. The quantitative estimate of drug-likeness (QED) is 0.248. The van der Waals surface area contributed by atoms with E-state index < -0.39 is 0 Å². The summed E-state index contributed by atoms with van der Waals surface area (Å²) in [6.07, 6.45) is 7.50. The van der Waals surface area contributed by atoms with Crippen LogP contribution < -0.4 is 5.43 Å². The minimum absolute atomic E-state index is 0.112. The first kappa shape index (κ1) is 22.2. The molecule has 0 unspecified atom stereocenters. The summed E-state index contributed by atoms with van der Waals surface area (Å²) in [6.45, 7) is 2.09. The highest BCUT2D eigenvalue weighted by molar-refractivity contribution is 8.00. The Bertz CT molecular complexity index is 910. The van der Waals surface area contributed by atoms with Crippen LogP contribution in [0, 0.1) is 10.1 Å². The summed E-state index contributed by atoms with van der Waals surface area (Å²) in [7, 11) is 0. The maximum absolute atomic E-state index is 11.5. The van der Waals surface area contributed by atoms with Gasteiger partial charge >= 0.3 is 5.97 Å². The Hall–Kier alpha value is -2.46. The number of nitro groups is 1. The van der Waals surface area contributed by atoms with Crippen LogP contribution in [0.2, 0.25) is 0 Å². The molecule has 1 saturated carbocycles. The van der Waals surface area contributed by atoms with Crippen molar-refractivity contribution in [1.82, 2.24) is 4.98 Å². The highest BCUT2D eigenvalue weighted by Crippen LogP contribution is 2.38. The SMILES string of the molecule is CCOC(=O)Cc1csc(NN=Cc2ccc(SC3CCCCC3)c([N+](=O)[O-])c2)n1. The van der Waals surface area contributed by atoms with Crippen LogP contribution in [0.4, 0.5) is 10.8 Å². The molecule has 0 bridgehead atoms. The normalized spacial score (nSPS) is 14.7. The molecule has 2 aromatic rings. The molecule has 10 heteroatoms. The number of nitrogens with one attached hydrogen (secondary N) is 1. The molecule has 0 atom stereocenters. The summed E-state index contributed by atoms with van der Waals surface area (Å²) < 4.78 is 4.90. The molecule has 8 nitrogen and oxygen atoms in total. The average Bonchev–Trinajstić information content (AvgIpc) is 3.17. The van der Waals surface area contributed by atoms with E-state index in [1.165, 1.54) is 36.8 Å². The second-order valence-electron chi connectivity index (χ2n) is 6.86. The van der Waals surface area contributed by atoms with Gasteiger partial charge < -0.3 is 4.74 Å². The smallest absolute Gasteiger partial charge is 0.311 e.